The van der Waals surface area contributed by atoms with Gasteiger partial charge in [0, 0.05) is 15.6 Å². The van der Waals surface area contributed by atoms with E-state index in [0.29, 0.717) is 17.7 Å². The number of aromatic nitrogens is 3. The van der Waals surface area contributed by atoms with Crippen molar-refractivity contribution in [2.75, 3.05) is 0 Å². The fraction of sp³-hybridized carbons (Fsp3) is 0.240. The Kier molecular flexibility index (Phi) is 3.57. The molecule has 4 aromatic rings. The summed E-state index contributed by atoms with van der Waals surface area (Å²) in [5.41, 5.74) is 8.05. The summed E-state index contributed by atoms with van der Waals surface area (Å²) in [4.78, 5) is 13.8. The first-order valence-corrected chi connectivity index (χ1v) is 11.4. The first-order valence-electron chi connectivity index (χ1n) is 10.6. The molecule has 0 amide bonds. The van der Waals surface area contributed by atoms with Gasteiger partial charge in [0.1, 0.15) is 12.0 Å². The van der Waals surface area contributed by atoms with Crippen molar-refractivity contribution >= 4 is 21.6 Å². The second kappa shape index (κ2) is 6.26. The molecule has 0 radical (unpaired) electrons. The van der Waals surface area contributed by atoms with Crippen molar-refractivity contribution in [3.63, 3.8) is 0 Å². The van der Waals surface area contributed by atoms with Crippen molar-refractivity contribution in [1.29, 1.82) is 0 Å². The number of nitrogens with zero attached hydrogens (tertiary/aromatic N) is 4. The normalized spacial score (nSPS) is 23.1. The highest BCUT2D eigenvalue weighted by Crippen LogP contribution is 2.65. The van der Waals surface area contributed by atoms with Gasteiger partial charge in [-0.05, 0) is 54.4 Å². The molecule has 3 aliphatic carbocycles. The number of rotatable bonds is 3. The van der Waals surface area contributed by atoms with Gasteiger partial charge in [-0.3, -0.25) is 9.56 Å². The average Bonchev–Trinajstić information content (AvgIpc) is 3.34. The molecule has 0 atom stereocenters. The summed E-state index contributed by atoms with van der Waals surface area (Å²) in [6.07, 6.45) is 9.03. The third-order valence-electron chi connectivity index (χ3n) is 7.21. The van der Waals surface area contributed by atoms with E-state index in [4.69, 9.17) is 9.41 Å². The maximum absolute atomic E-state index is 5.55. The Hall–Kier alpha value is -2.99. The molecule has 3 saturated carbocycles. The molecule has 2 aromatic heterocycles. The van der Waals surface area contributed by atoms with E-state index in [1.165, 1.54) is 31.2 Å². The van der Waals surface area contributed by atoms with Gasteiger partial charge in [-0.2, -0.15) is 0 Å². The molecule has 31 heavy (non-hydrogen) atoms. The van der Waals surface area contributed by atoms with E-state index in [1.807, 2.05) is 12.4 Å². The highest BCUT2D eigenvalue weighted by atomic mass is 79.9. The number of hydrogen-bond donors (Lipinski definition) is 0. The monoisotopic (exact) mass is 470 g/mol. The number of benzene rings is 2. The van der Waals surface area contributed by atoms with Gasteiger partial charge in [-0.1, -0.05) is 40.2 Å². The van der Waals surface area contributed by atoms with E-state index in [1.54, 1.807) is 6.20 Å². The standard InChI is InChI=1S/C25H19BrN4O/c26-19-4-2-1-3-17(19)23-18-7-16(25-8-15(9-25)10-25)5-6-20(18)30-13-29-24(21(30)11-28-23)22-12-27-14-31-22/h1-7,12-15H,8-11H2. The first kappa shape index (κ1) is 17.7. The SMILES string of the molecule is Brc1ccccc1C1=NCc2c(-c3cnco3)ncn2-c2ccc(C34CC(C3)C4)cc21. The third-order valence-corrected chi connectivity index (χ3v) is 7.90. The molecule has 0 unspecified atom stereocenters. The van der Waals surface area contributed by atoms with Crippen molar-refractivity contribution in [1.82, 2.24) is 14.5 Å². The van der Waals surface area contributed by atoms with Crippen LogP contribution in [0.2, 0.25) is 0 Å². The second-order valence-corrected chi connectivity index (χ2v) is 9.77. The molecule has 0 N–H and O–H groups in total. The number of imidazole rings is 1. The molecule has 0 spiro atoms. The fourth-order valence-corrected chi connectivity index (χ4v) is 5.96. The zero-order valence-electron chi connectivity index (χ0n) is 16.8. The van der Waals surface area contributed by atoms with Crippen LogP contribution in [0, 0.1) is 5.92 Å². The Balaban J connectivity index is 1.46. The summed E-state index contributed by atoms with van der Waals surface area (Å²) in [6.45, 7) is 0.518. The Bertz CT molecular complexity index is 1350. The topological polar surface area (TPSA) is 56.2 Å². The number of halogens is 1. The molecular weight excluding hydrogens is 452 g/mol. The molecule has 2 aromatic carbocycles. The van der Waals surface area contributed by atoms with E-state index in [-0.39, 0.29) is 0 Å². The van der Waals surface area contributed by atoms with Crippen LogP contribution >= 0.6 is 15.9 Å². The lowest BCUT2D eigenvalue weighted by Crippen LogP contribution is -2.55. The second-order valence-electron chi connectivity index (χ2n) is 8.91. The van der Waals surface area contributed by atoms with Crippen LogP contribution in [0.3, 0.4) is 0 Å². The van der Waals surface area contributed by atoms with Gasteiger partial charge in [0.15, 0.2) is 12.2 Å². The van der Waals surface area contributed by atoms with E-state index < -0.39 is 0 Å². The summed E-state index contributed by atoms with van der Waals surface area (Å²) in [6, 6.07) is 15.3. The number of aliphatic imine (C=N–C) groups is 1. The number of fused-ring (bicyclic) bond motifs is 3. The van der Waals surface area contributed by atoms with Crippen LogP contribution in [0.25, 0.3) is 17.1 Å². The van der Waals surface area contributed by atoms with Crippen LogP contribution in [0.4, 0.5) is 0 Å². The minimum absolute atomic E-state index is 0.397. The Morgan fingerprint density at radius 3 is 2.68 bits per heavy atom. The average molecular weight is 471 g/mol. The summed E-state index contributed by atoms with van der Waals surface area (Å²) in [5.74, 6) is 1.61. The molecule has 3 fully saturated rings. The van der Waals surface area contributed by atoms with Gasteiger partial charge in [0.2, 0.25) is 0 Å². The Labute approximate surface area is 188 Å². The highest BCUT2D eigenvalue weighted by Gasteiger charge is 2.57. The van der Waals surface area contributed by atoms with Crippen molar-refractivity contribution in [2.24, 2.45) is 10.9 Å². The van der Waals surface area contributed by atoms with Crippen LogP contribution in [-0.4, -0.2) is 20.2 Å². The number of oxazole rings is 1. The lowest BCUT2D eigenvalue weighted by atomic mass is 9.42. The van der Waals surface area contributed by atoms with Crippen LogP contribution in [0.15, 0.2) is 75.3 Å². The van der Waals surface area contributed by atoms with Crippen LogP contribution in [0.1, 0.15) is 41.6 Å². The van der Waals surface area contributed by atoms with Crippen molar-refractivity contribution in [3.05, 3.63) is 88.2 Å². The van der Waals surface area contributed by atoms with E-state index in [0.717, 1.165) is 44.3 Å². The van der Waals surface area contributed by atoms with Crippen LogP contribution in [-0.2, 0) is 12.0 Å². The first-order chi connectivity index (χ1) is 15.2. The van der Waals surface area contributed by atoms with Gasteiger partial charge in [0.25, 0.3) is 0 Å². The van der Waals surface area contributed by atoms with Crippen molar-refractivity contribution in [3.8, 4) is 17.1 Å². The van der Waals surface area contributed by atoms with Crippen LogP contribution < -0.4 is 0 Å². The van der Waals surface area contributed by atoms with Crippen molar-refractivity contribution < 1.29 is 4.42 Å². The maximum Gasteiger partial charge on any atom is 0.181 e. The molecule has 5 nitrogen and oxygen atoms in total. The summed E-state index contributed by atoms with van der Waals surface area (Å²) in [5, 5.41) is 0. The van der Waals surface area contributed by atoms with Crippen LogP contribution in [0.5, 0.6) is 0 Å². The zero-order chi connectivity index (χ0) is 20.6. The fourth-order valence-electron chi connectivity index (χ4n) is 5.49. The van der Waals surface area contributed by atoms with Gasteiger partial charge in [-0.15, -0.1) is 0 Å². The smallest absolute Gasteiger partial charge is 0.181 e. The van der Waals surface area contributed by atoms with Crippen molar-refractivity contribution in [2.45, 2.75) is 31.2 Å². The summed E-state index contributed by atoms with van der Waals surface area (Å²) >= 11 is 3.75. The zero-order valence-corrected chi connectivity index (χ0v) is 18.3. The van der Waals surface area contributed by atoms with Gasteiger partial charge >= 0.3 is 0 Å². The Morgan fingerprint density at radius 1 is 1.06 bits per heavy atom. The third kappa shape index (κ3) is 2.45. The molecule has 2 bridgehead atoms. The molecule has 1 aliphatic heterocycles. The molecule has 3 heterocycles. The quantitative estimate of drug-likeness (QED) is 0.386. The van der Waals surface area contributed by atoms with Gasteiger partial charge in [-0.25, -0.2) is 9.97 Å². The van der Waals surface area contributed by atoms with E-state index in [9.17, 15) is 0 Å². The van der Waals surface area contributed by atoms with E-state index in [2.05, 4.69) is 66.9 Å². The summed E-state index contributed by atoms with van der Waals surface area (Å²) < 4.78 is 8.76. The lowest BCUT2D eigenvalue weighted by Gasteiger charge is -2.62. The predicted molar refractivity (Wildman–Crippen MR) is 122 cm³/mol. The summed E-state index contributed by atoms with van der Waals surface area (Å²) in [7, 11) is 0. The Morgan fingerprint density at radius 2 is 1.94 bits per heavy atom. The highest BCUT2D eigenvalue weighted by molar-refractivity contribution is 9.10. The predicted octanol–water partition coefficient (Wildman–Crippen LogP) is 5.69. The maximum atomic E-state index is 5.55. The van der Waals surface area contributed by atoms with Gasteiger partial charge in [0.05, 0.1) is 29.8 Å². The molecule has 0 saturated heterocycles. The molecule has 6 heteroatoms. The minimum Gasteiger partial charge on any atom is -0.442 e. The largest absolute Gasteiger partial charge is 0.442 e. The van der Waals surface area contributed by atoms with Gasteiger partial charge < -0.3 is 4.42 Å². The van der Waals surface area contributed by atoms with E-state index >= 15 is 0 Å². The number of hydrogen-bond acceptors (Lipinski definition) is 4. The molecule has 152 valence electrons. The molecule has 4 aliphatic rings. The molecule has 8 rings (SSSR count). The minimum atomic E-state index is 0.397. The lowest BCUT2D eigenvalue weighted by molar-refractivity contribution is -0.0274. The molecular formula is C25H19BrN4O.